The van der Waals surface area contributed by atoms with Crippen LogP contribution in [0.15, 0.2) is 47.4 Å². The third kappa shape index (κ3) is 4.55. The van der Waals surface area contributed by atoms with Crippen LogP contribution in [0, 0.1) is 5.92 Å². The smallest absolute Gasteiger partial charge is 0.243 e. The highest BCUT2D eigenvalue weighted by Gasteiger charge is 2.33. The fourth-order valence-electron chi connectivity index (χ4n) is 4.71. The molecule has 1 unspecified atom stereocenters. The van der Waals surface area contributed by atoms with Gasteiger partial charge in [0, 0.05) is 24.7 Å². The maximum atomic E-state index is 13.1. The summed E-state index contributed by atoms with van der Waals surface area (Å²) in [4.78, 5) is 13.3. The van der Waals surface area contributed by atoms with Gasteiger partial charge in [-0.25, -0.2) is 8.42 Å². The lowest BCUT2D eigenvalue weighted by Gasteiger charge is -2.31. The van der Waals surface area contributed by atoms with Gasteiger partial charge in [0.05, 0.1) is 4.90 Å². The van der Waals surface area contributed by atoms with Crippen molar-refractivity contribution >= 4 is 21.6 Å². The van der Waals surface area contributed by atoms with E-state index in [1.165, 1.54) is 5.56 Å². The third-order valence-electron chi connectivity index (χ3n) is 6.89. The molecule has 1 amide bonds. The molecule has 5 nitrogen and oxygen atoms in total. The zero-order valence-corrected chi connectivity index (χ0v) is 19.2. The Kier molecular flexibility index (Phi) is 6.49. The summed E-state index contributed by atoms with van der Waals surface area (Å²) in [5.74, 6) is 0.192. The van der Waals surface area contributed by atoms with E-state index < -0.39 is 10.0 Å². The first kappa shape index (κ1) is 22.0. The number of nitrogens with one attached hydrogen (secondary N) is 1. The molecule has 0 aromatic heterocycles. The van der Waals surface area contributed by atoms with E-state index in [2.05, 4.69) is 25.2 Å². The van der Waals surface area contributed by atoms with Gasteiger partial charge in [-0.05, 0) is 79.3 Å². The van der Waals surface area contributed by atoms with Gasteiger partial charge in [-0.3, -0.25) is 4.79 Å². The molecule has 1 N–H and O–H groups in total. The number of aryl methyl sites for hydroxylation is 2. The van der Waals surface area contributed by atoms with Gasteiger partial charge in [0.1, 0.15) is 0 Å². The lowest BCUT2D eigenvalue weighted by molar-refractivity contribution is -0.120. The number of carbonyl (C=O) groups is 1. The van der Waals surface area contributed by atoms with Crippen LogP contribution in [0.2, 0.25) is 0 Å². The first-order valence-electron chi connectivity index (χ1n) is 11.4. The maximum Gasteiger partial charge on any atom is 0.243 e. The summed E-state index contributed by atoms with van der Waals surface area (Å²) in [7, 11) is -3.51. The summed E-state index contributed by atoms with van der Waals surface area (Å²) in [6, 6.07) is 13.5. The lowest BCUT2D eigenvalue weighted by Crippen LogP contribution is -2.41. The number of piperidine rings is 1. The van der Waals surface area contributed by atoms with E-state index in [4.69, 9.17) is 0 Å². The van der Waals surface area contributed by atoms with E-state index in [0.29, 0.717) is 36.7 Å². The number of sulfonamides is 1. The van der Waals surface area contributed by atoms with Crippen molar-refractivity contribution in [3.05, 3.63) is 59.2 Å². The summed E-state index contributed by atoms with van der Waals surface area (Å²) in [6.45, 7) is 5.06. The van der Waals surface area contributed by atoms with Crippen molar-refractivity contribution in [2.45, 2.75) is 63.2 Å². The Hall–Kier alpha value is -2.18. The number of anilines is 1. The Balaban J connectivity index is 1.40. The molecule has 1 aliphatic carbocycles. The van der Waals surface area contributed by atoms with Gasteiger partial charge in [-0.1, -0.05) is 38.1 Å². The number of fused-ring (bicyclic) bond motifs is 1. The molecule has 2 aromatic rings. The number of amides is 1. The molecule has 1 saturated heterocycles. The molecular formula is C25H32N2O3S. The Morgan fingerprint density at radius 3 is 2.55 bits per heavy atom. The lowest BCUT2D eigenvalue weighted by atomic mass is 9.94. The van der Waals surface area contributed by atoms with Gasteiger partial charge in [0.2, 0.25) is 15.9 Å². The zero-order valence-electron chi connectivity index (χ0n) is 18.4. The second-order valence-electron chi connectivity index (χ2n) is 8.85. The van der Waals surface area contributed by atoms with Gasteiger partial charge >= 0.3 is 0 Å². The molecule has 0 saturated carbocycles. The average molecular weight is 441 g/mol. The van der Waals surface area contributed by atoms with Crippen LogP contribution >= 0.6 is 0 Å². The standard InChI is InChI=1S/C25H32N2O3S/c1-3-18(2)23-9-4-5-10-24(23)26-25(28)20-13-15-27(16-14-20)31(29,30)22-12-11-19-7-6-8-21(19)17-22/h4-5,9-12,17-18,20H,3,6-8,13-16H2,1-2H3,(H,26,28). The van der Waals surface area contributed by atoms with Crippen LogP contribution in [-0.2, 0) is 27.7 Å². The molecule has 166 valence electrons. The molecule has 4 rings (SSSR count). The molecule has 0 bridgehead atoms. The highest BCUT2D eigenvalue weighted by atomic mass is 32.2. The van der Waals surface area contributed by atoms with Crippen molar-refractivity contribution in [1.82, 2.24) is 4.31 Å². The minimum atomic E-state index is -3.51. The molecule has 1 fully saturated rings. The number of benzene rings is 2. The van der Waals surface area contributed by atoms with Gasteiger partial charge < -0.3 is 5.32 Å². The predicted octanol–water partition coefficient (Wildman–Crippen LogP) is 4.73. The predicted molar refractivity (Wildman–Crippen MR) is 124 cm³/mol. The number of para-hydroxylation sites is 1. The second-order valence-corrected chi connectivity index (χ2v) is 10.8. The molecule has 31 heavy (non-hydrogen) atoms. The molecule has 6 heteroatoms. The van der Waals surface area contributed by atoms with Crippen LogP contribution < -0.4 is 5.32 Å². The van der Waals surface area contributed by atoms with Crippen molar-refractivity contribution in [2.75, 3.05) is 18.4 Å². The number of nitrogens with zero attached hydrogens (tertiary/aromatic N) is 1. The maximum absolute atomic E-state index is 13.1. The van der Waals surface area contributed by atoms with E-state index in [-0.39, 0.29) is 11.8 Å². The number of hydrogen-bond donors (Lipinski definition) is 1. The van der Waals surface area contributed by atoms with E-state index in [1.807, 2.05) is 30.3 Å². The minimum Gasteiger partial charge on any atom is -0.326 e. The highest BCUT2D eigenvalue weighted by Crippen LogP contribution is 2.30. The van der Waals surface area contributed by atoms with Gasteiger partial charge in [-0.15, -0.1) is 0 Å². The Morgan fingerprint density at radius 2 is 1.81 bits per heavy atom. The fraction of sp³-hybridized carbons (Fsp3) is 0.480. The van der Waals surface area contributed by atoms with Crippen LogP contribution in [0.3, 0.4) is 0 Å². The topological polar surface area (TPSA) is 66.5 Å². The van der Waals surface area contributed by atoms with Gasteiger partial charge in [0.25, 0.3) is 0 Å². The summed E-state index contributed by atoms with van der Waals surface area (Å²) in [6.07, 6.45) is 5.18. The Morgan fingerprint density at radius 1 is 1.10 bits per heavy atom. The summed E-state index contributed by atoms with van der Waals surface area (Å²) in [5, 5.41) is 3.10. The average Bonchev–Trinajstić information content (AvgIpc) is 3.27. The minimum absolute atomic E-state index is 0.00895. The molecule has 2 aromatic carbocycles. The van der Waals surface area contributed by atoms with Gasteiger partial charge in [0.15, 0.2) is 0 Å². The summed E-state index contributed by atoms with van der Waals surface area (Å²) >= 11 is 0. The van der Waals surface area contributed by atoms with Crippen LogP contribution in [-0.4, -0.2) is 31.7 Å². The quantitative estimate of drug-likeness (QED) is 0.706. The SMILES string of the molecule is CCC(C)c1ccccc1NC(=O)C1CCN(S(=O)(=O)c2ccc3c(c2)CCC3)CC1. The van der Waals surface area contributed by atoms with E-state index in [1.54, 1.807) is 10.4 Å². The fourth-order valence-corrected chi connectivity index (χ4v) is 6.23. The molecule has 0 spiro atoms. The van der Waals surface area contributed by atoms with Crippen molar-refractivity contribution < 1.29 is 13.2 Å². The first-order chi connectivity index (χ1) is 14.9. The van der Waals surface area contributed by atoms with Crippen molar-refractivity contribution in [3.63, 3.8) is 0 Å². The molecule has 0 radical (unpaired) electrons. The Labute approximate surface area is 185 Å². The Bertz CT molecular complexity index is 1060. The van der Waals surface area contributed by atoms with E-state index in [9.17, 15) is 13.2 Å². The normalized spacial score (nSPS) is 18.5. The number of rotatable bonds is 6. The van der Waals surface area contributed by atoms with Crippen LogP contribution in [0.4, 0.5) is 5.69 Å². The van der Waals surface area contributed by atoms with Gasteiger partial charge in [-0.2, -0.15) is 4.31 Å². The summed E-state index contributed by atoms with van der Waals surface area (Å²) in [5.41, 5.74) is 4.45. The zero-order chi connectivity index (χ0) is 22.0. The van der Waals surface area contributed by atoms with E-state index in [0.717, 1.165) is 42.5 Å². The monoisotopic (exact) mass is 440 g/mol. The van der Waals surface area contributed by atoms with Crippen molar-refractivity contribution in [3.8, 4) is 0 Å². The molecule has 1 atom stereocenters. The third-order valence-corrected chi connectivity index (χ3v) is 8.79. The van der Waals surface area contributed by atoms with Crippen LogP contribution in [0.25, 0.3) is 0 Å². The summed E-state index contributed by atoms with van der Waals surface area (Å²) < 4.78 is 27.8. The molecule has 1 heterocycles. The van der Waals surface area contributed by atoms with Crippen LogP contribution in [0.5, 0.6) is 0 Å². The highest BCUT2D eigenvalue weighted by molar-refractivity contribution is 7.89. The molecular weight excluding hydrogens is 408 g/mol. The number of carbonyl (C=O) groups excluding carboxylic acids is 1. The number of hydrogen-bond acceptors (Lipinski definition) is 3. The van der Waals surface area contributed by atoms with Crippen molar-refractivity contribution in [2.24, 2.45) is 5.92 Å². The van der Waals surface area contributed by atoms with Crippen LogP contribution in [0.1, 0.15) is 62.1 Å². The van der Waals surface area contributed by atoms with Crippen molar-refractivity contribution in [1.29, 1.82) is 0 Å². The largest absolute Gasteiger partial charge is 0.326 e. The van der Waals surface area contributed by atoms with E-state index >= 15 is 0 Å². The molecule has 2 aliphatic rings. The second kappa shape index (κ2) is 9.13. The first-order valence-corrected chi connectivity index (χ1v) is 12.9. The molecule has 1 aliphatic heterocycles.